The maximum absolute atomic E-state index is 12.7. The molecule has 30 heavy (non-hydrogen) atoms. The van der Waals surface area contributed by atoms with Gasteiger partial charge in [0.2, 0.25) is 9.84 Å². The summed E-state index contributed by atoms with van der Waals surface area (Å²) in [5.74, 6) is -2.77. The number of pyridine rings is 1. The largest absolute Gasteiger partial charge is 0.375 e. The second-order valence-corrected chi connectivity index (χ2v) is 8.94. The van der Waals surface area contributed by atoms with Crippen molar-refractivity contribution in [2.45, 2.75) is 42.9 Å². The zero-order valence-corrected chi connectivity index (χ0v) is 16.9. The van der Waals surface area contributed by atoms with Crippen LogP contribution in [0.1, 0.15) is 31.2 Å². The number of hydrogen-bond donors (Lipinski definition) is 1. The highest BCUT2D eigenvalue weighted by atomic mass is 32.2. The number of anilines is 2. The van der Waals surface area contributed by atoms with Crippen LogP contribution in [0.25, 0.3) is 0 Å². The molecule has 0 atom stereocenters. The van der Waals surface area contributed by atoms with Gasteiger partial charge in [0.1, 0.15) is 11.5 Å². The molecule has 0 bridgehead atoms. The number of aromatic nitrogens is 1. The number of alkyl halides is 2. The van der Waals surface area contributed by atoms with Gasteiger partial charge in [-0.15, -0.1) is 0 Å². The Morgan fingerprint density at radius 3 is 2.40 bits per heavy atom. The van der Waals surface area contributed by atoms with Crippen molar-refractivity contribution in [1.82, 2.24) is 4.98 Å². The Labute approximate surface area is 173 Å². The average Bonchev–Trinajstić information content (AvgIpc) is 3.02. The quantitative estimate of drug-likeness (QED) is 0.513. The number of halogens is 2. The first kappa shape index (κ1) is 21.9. The molecule has 0 aliphatic carbocycles. The Balaban J connectivity index is 1.72. The summed E-state index contributed by atoms with van der Waals surface area (Å²) < 4.78 is 48.6. The summed E-state index contributed by atoms with van der Waals surface area (Å²) in [7, 11) is -4.92. The number of nitro benzene ring substituents is 1. The Kier molecular flexibility index (Phi) is 6.80. The van der Waals surface area contributed by atoms with E-state index in [2.05, 4.69) is 15.2 Å². The van der Waals surface area contributed by atoms with Gasteiger partial charge in [-0.3, -0.25) is 10.1 Å². The Morgan fingerprint density at radius 2 is 1.83 bits per heavy atom. The van der Waals surface area contributed by atoms with Crippen molar-refractivity contribution in [3.8, 4) is 0 Å². The Bertz CT molecular complexity index is 992. The van der Waals surface area contributed by atoms with Crippen molar-refractivity contribution >= 4 is 27.0 Å². The molecule has 11 heteroatoms. The summed E-state index contributed by atoms with van der Waals surface area (Å²) in [4.78, 5) is 16.4. The lowest BCUT2D eigenvalue weighted by Crippen LogP contribution is -2.24. The maximum Gasteiger partial charge on any atom is 0.341 e. The van der Waals surface area contributed by atoms with Gasteiger partial charge in [0, 0.05) is 31.9 Å². The molecule has 1 saturated heterocycles. The normalized spacial score (nSPS) is 15.1. The number of hydrogen-bond acceptors (Lipinski definition) is 7. The van der Waals surface area contributed by atoms with Crippen molar-refractivity contribution < 1.29 is 22.1 Å². The number of rotatable bonds is 7. The molecule has 1 fully saturated rings. The molecule has 3 rings (SSSR count). The highest BCUT2D eigenvalue weighted by Gasteiger charge is 2.29. The van der Waals surface area contributed by atoms with Crippen LogP contribution in [0, 0.1) is 10.1 Å². The monoisotopic (exact) mass is 440 g/mol. The summed E-state index contributed by atoms with van der Waals surface area (Å²) in [5.41, 5.74) is 0.211. The van der Waals surface area contributed by atoms with Crippen LogP contribution in [0.4, 0.5) is 26.0 Å². The van der Waals surface area contributed by atoms with Crippen LogP contribution < -0.4 is 10.2 Å². The molecular weight excluding hydrogens is 418 g/mol. The van der Waals surface area contributed by atoms with Gasteiger partial charge >= 0.3 is 5.76 Å². The molecule has 1 aromatic heterocycles. The van der Waals surface area contributed by atoms with E-state index in [0.29, 0.717) is 6.07 Å². The second-order valence-electron chi connectivity index (χ2n) is 7.02. The minimum Gasteiger partial charge on any atom is -0.375 e. The van der Waals surface area contributed by atoms with Gasteiger partial charge in [-0.25, -0.2) is 13.4 Å². The van der Waals surface area contributed by atoms with E-state index in [0.717, 1.165) is 49.4 Å². The average molecular weight is 440 g/mol. The molecule has 8 nitrogen and oxygen atoms in total. The number of nitro groups is 1. The fraction of sp³-hybridized carbons (Fsp3) is 0.421. The number of nitrogens with one attached hydrogen (secondary N) is 1. The molecule has 162 valence electrons. The van der Waals surface area contributed by atoms with E-state index in [1.165, 1.54) is 12.8 Å². The predicted octanol–water partition coefficient (Wildman–Crippen LogP) is 3.98. The molecule has 2 heterocycles. The summed E-state index contributed by atoms with van der Waals surface area (Å²) >= 11 is 0. The second kappa shape index (κ2) is 9.33. The molecule has 1 N–H and O–H groups in total. The van der Waals surface area contributed by atoms with Crippen LogP contribution in [0.3, 0.4) is 0 Å². The van der Waals surface area contributed by atoms with Crippen molar-refractivity contribution in [3.63, 3.8) is 0 Å². The summed E-state index contributed by atoms with van der Waals surface area (Å²) in [6, 6.07) is 6.45. The Morgan fingerprint density at radius 1 is 1.13 bits per heavy atom. The lowest BCUT2D eigenvalue weighted by atomic mass is 10.2. The van der Waals surface area contributed by atoms with Crippen LogP contribution in [0.5, 0.6) is 0 Å². The molecule has 0 spiro atoms. The summed E-state index contributed by atoms with van der Waals surface area (Å²) in [6.07, 6.45) is 6.37. The topological polar surface area (TPSA) is 105 Å². The fourth-order valence-electron chi connectivity index (χ4n) is 3.30. The summed E-state index contributed by atoms with van der Waals surface area (Å²) in [6.45, 7) is 2.13. The molecule has 0 unspecified atom stereocenters. The minimum atomic E-state index is -4.92. The van der Waals surface area contributed by atoms with E-state index in [4.69, 9.17) is 0 Å². The molecular formula is C19H22F2N4O4S. The predicted molar refractivity (Wildman–Crippen MR) is 109 cm³/mol. The van der Waals surface area contributed by atoms with Crippen molar-refractivity contribution in [2.75, 3.05) is 23.3 Å². The first-order chi connectivity index (χ1) is 14.3. The zero-order valence-electron chi connectivity index (χ0n) is 16.1. The standard InChI is InChI=1S/C19H22F2N4O4S/c20-19(21)30(28,29)15-6-7-16(17(11-15)25(26)27)22-12-14-5-8-18(23-13-14)24-9-3-1-2-4-10-24/h5-8,11,13,19,22H,1-4,9-10,12H2. The van der Waals surface area contributed by atoms with Crippen molar-refractivity contribution in [2.24, 2.45) is 0 Å². The van der Waals surface area contributed by atoms with Gasteiger partial charge in [-0.1, -0.05) is 18.9 Å². The van der Waals surface area contributed by atoms with Gasteiger partial charge in [-0.2, -0.15) is 8.78 Å². The van der Waals surface area contributed by atoms with Gasteiger partial charge in [-0.05, 0) is 36.6 Å². The summed E-state index contributed by atoms with van der Waals surface area (Å²) in [5, 5.41) is 14.1. The third-order valence-electron chi connectivity index (χ3n) is 4.95. The lowest BCUT2D eigenvalue weighted by molar-refractivity contribution is -0.384. The molecule has 2 aromatic rings. The zero-order chi connectivity index (χ0) is 21.7. The van der Waals surface area contributed by atoms with Crippen LogP contribution >= 0.6 is 0 Å². The molecule has 1 aliphatic rings. The fourth-order valence-corrected chi connectivity index (χ4v) is 4.04. The van der Waals surface area contributed by atoms with Crippen LogP contribution in [-0.4, -0.2) is 37.2 Å². The van der Waals surface area contributed by atoms with Gasteiger partial charge in [0.15, 0.2) is 0 Å². The van der Waals surface area contributed by atoms with E-state index in [1.54, 1.807) is 6.20 Å². The van der Waals surface area contributed by atoms with E-state index in [1.807, 2.05) is 12.1 Å². The molecule has 0 radical (unpaired) electrons. The van der Waals surface area contributed by atoms with E-state index >= 15 is 0 Å². The maximum atomic E-state index is 12.7. The third kappa shape index (κ3) is 5.02. The smallest absolute Gasteiger partial charge is 0.341 e. The van der Waals surface area contributed by atoms with Crippen molar-refractivity contribution in [3.05, 3.63) is 52.2 Å². The third-order valence-corrected chi connectivity index (χ3v) is 6.33. The van der Waals surface area contributed by atoms with E-state index < -0.39 is 31.1 Å². The van der Waals surface area contributed by atoms with E-state index in [-0.39, 0.29) is 12.2 Å². The van der Waals surface area contributed by atoms with Gasteiger partial charge in [0.05, 0.1) is 9.82 Å². The number of nitrogens with zero attached hydrogens (tertiary/aromatic N) is 3. The van der Waals surface area contributed by atoms with Gasteiger partial charge in [0.25, 0.3) is 5.69 Å². The molecule has 1 aliphatic heterocycles. The van der Waals surface area contributed by atoms with Crippen LogP contribution in [-0.2, 0) is 16.4 Å². The molecule has 0 amide bonds. The lowest BCUT2D eigenvalue weighted by Gasteiger charge is -2.21. The van der Waals surface area contributed by atoms with E-state index in [9.17, 15) is 27.3 Å². The first-order valence-corrected chi connectivity index (χ1v) is 11.1. The number of benzene rings is 1. The SMILES string of the molecule is O=[N+]([O-])c1cc(S(=O)(=O)C(F)F)ccc1NCc1ccc(N2CCCCCC2)nc1. The van der Waals surface area contributed by atoms with Crippen LogP contribution in [0.15, 0.2) is 41.4 Å². The molecule has 1 aromatic carbocycles. The minimum absolute atomic E-state index is 0.0322. The highest BCUT2D eigenvalue weighted by Crippen LogP contribution is 2.30. The van der Waals surface area contributed by atoms with Gasteiger partial charge < -0.3 is 10.2 Å². The first-order valence-electron chi connectivity index (χ1n) is 9.53. The van der Waals surface area contributed by atoms with Crippen molar-refractivity contribution in [1.29, 1.82) is 0 Å². The molecule has 0 saturated carbocycles. The van der Waals surface area contributed by atoms with Crippen LogP contribution in [0.2, 0.25) is 0 Å². The number of sulfone groups is 1. The Hall–Kier alpha value is -2.82. The highest BCUT2D eigenvalue weighted by molar-refractivity contribution is 7.91.